The molecule has 1 saturated heterocycles. The fraction of sp³-hybridized carbons (Fsp3) is 0.889. The monoisotopic (exact) mass is 193 g/mol. The second-order valence-electron chi connectivity index (χ2n) is 4.39. The quantitative estimate of drug-likeness (QED) is 0.692. The van der Waals surface area contributed by atoms with Crippen LogP contribution < -0.4 is 5.32 Å². The van der Waals surface area contributed by atoms with E-state index in [4.69, 9.17) is 0 Å². The number of tetrazole rings is 1. The molecule has 1 aromatic rings. The number of aromatic amines is 1. The number of hydrogen-bond acceptors (Lipinski definition) is 4. The van der Waals surface area contributed by atoms with E-state index in [2.05, 4.69) is 25.9 Å². The Morgan fingerprint density at radius 2 is 2.14 bits per heavy atom. The molecule has 5 nitrogen and oxygen atoms in total. The Morgan fingerprint density at radius 1 is 1.21 bits per heavy atom. The van der Waals surface area contributed by atoms with Gasteiger partial charge in [0.15, 0.2) is 5.82 Å². The van der Waals surface area contributed by atoms with Gasteiger partial charge in [-0.25, -0.2) is 5.10 Å². The summed E-state index contributed by atoms with van der Waals surface area (Å²) in [5.74, 6) is 1.75. The minimum Gasteiger partial charge on any atom is -0.304 e. The minimum absolute atomic E-state index is 0.359. The summed E-state index contributed by atoms with van der Waals surface area (Å²) >= 11 is 0. The van der Waals surface area contributed by atoms with Gasteiger partial charge in [-0.15, -0.1) is 5.10 Å². The van der Waals surface area contributed by atoms with Gasteiger partial charge in [-0.3, -0.25) is 0 Å². The van der Waals surface area contributed by atoms with E-state index in [0.717, 1.165) is 11.7 Å². The molecule has 3 rings (SSSR count). The molecule has 0 unspecified atom stereocenters. The SMILES string of the molecule is C1CC[C@@H]2N[C@H](c3nnn[nH]3)C[C@@H]2C1. The highest BCUT2D eigenvalue weighted by Gasteiger charge is 2.36. The molecule has 1 saturated carbocycles. The van der Waals surface area contributed by atoms with Crippen LogP contribution in [0, 0.1) is 5.92 Å². The molecule has 3 atom stereocenters. The van der Waals surface area contributed by atoms with E-state index in [1.54, 1.807) is 0 Å². The number of nitrogens with one attached hydrogen (secondary N) is 2. The van der Waals surface area contributed by atoms with E-state index in [-0.39, 0.29) is 0 Å². The number of aromatic nitrogens is 4. The van der Waals surface area contributed by atoms with Crippen LogP contribution in [0.1, 0.15) is 44.0 Å². The lowest BCUT2D eigenvalue weighted by molar-refractivity contribution is 0.325. The molecule has 76 valence electrons. The molecule has 2 aliphatic rings. The van der Waals surface area contributed by atoms with Crippen LogP contribution in [-0.2, 0) is 0 Å². The number of nitrogens with zero attached hydrogens (tertiary/aromatic N) is 3. The third-order valence-corrected chi connectivity index (χ3v) is 3.55. The van der Waals surface area contributed by atoms with Gasteiger partial charge in [-0.05, 0) is 35.6 Å². The lowest BCUT2D eigenvalue weighted by Gasteiger charge is -2.24. The van der Waals surface area contributed by atoms with E-state index < -0.39 is 0 Å². The average molecular weight is 193 g/mol. The standard InChI is InChI=1S/C9H15N5/c1-2-4-7-6(3-1)5-8(10-7)9-11-13-14-12-9/h6-8,10H,1-5H2,(H,11,12,13,14)/t6-,7-,8-/m0/s1. The van der Waals surface area contributed by atoms with Crippen molar-refractivity contribution in [2.45, 2.75) is 44.2 Å². The zero-order valence-electron chi connectivity index (χ0n) is 8.11. The fourth-order valence-electron chi connectivity index (χ4n) is 2.84. The maximum absolute atomic E-state index is 3.98. The molecule has 2 heterocycles. The highest BCUT2D eigenvalue weighted by molar-refractivity contribution is 5.00. The van der Waals surface area contributed by atoms with Gasteiger partial charge >= 0.3 is 0 Å². The second-order valence-corrected chi connectivity index (χ2v) is 4.39. The Hall–Kier alpha value is -0.970. The maximum atomic E-state index is 3.98. The predicted octanol–water partition coefficient (Wildman–Crippen LogP) is 0.793. The summed E-state index contributed by atoms with van der Waals surface area (Å²) in [5.41, 5.74) is 0. The maximum Gasteiger partial charge on any atom is 0.165 e. The Labute approximate surface area is 82.7 Å². The van der Waals surface area contributed by atoms with Crippen molar-refractivity contribution < 1.29 is 0 Å². The average Bonchev–Trinajstić information content (AvgIpc) is 2.86. The summed E-state index contributed by atoms with van der Waals surface area (Å²) in [5, 5.41) is 17.7. The molecule has 0 bridgehead atoms. The van der Waals surface area contributed by atoms with Crippen LogP contribution >= 0.6 is 0 Å². The van der Waals surface area contributed by atoms with Crippen molar-refractivity contribution in [1.82, 2.24) is 25.9 Å². The van der Waals surface area contributed by atoms with Crippen molar-refractivity contribution in [3.8, 4) is 0 Å². The van der Waals surface area contributed by atoms with Crippen LogP contribution in [0.5, 0.6) is 0 Å². The van der Waals surface area contributed by atoms with Gasteiger partial charge in [0.25, 0.3) is 0 Å². The first-order chi connectivity index (χ1) is 6.93. The number of hydrogen-bond donors (Lipinski definition) is 2. The lowest BCUT2D eigenvalue weighted by atomic mass is 9.85. The topological polar surface area (TPSA) is 66.5 Å². The van der Waals surface area contributed by atoms with Crippen LogP contribution in [0.4, 0.5) is 0 Å². The number of rotatable bonds is 1. The molecule has 1 aromatic heterocycles. The normalized spacial score (nSPS) is 37.0. The Bertz CT molecular complexity index is 282. The fourth-order valence-corrected chi connectivity index (χ4v) is 2.84. The van der Waals surface area contributed by atoms with Gasteiger partial charge in [0, 0.05) is 6.04 Å². The molecule has 0 aromatic carbocycles. The molecule has 2 fully saturated rings. The molecule has 2 N–H and O–H groups in total. The highest BCUT2D eigenvalue weighted by Crippen LogP contribution is 2.37. The Kier molecular flexibility index (Phi) is 1.97. The lowest BCUT2D eigenvalue weighted by Crippen LogP contribution is -2.30. The first-order valence-electron chi connectivity index (χ1n) is 5.43. The third kappa shape index (κ3) is 1.32. The summed E-state index contributed by atoms with van der Waals surface area (Å²) in [7, 11) is 0. The van der Waals surface area contributed by atoms with E-state index in [0.29, 0.717) is 12.1 Å². The van der Waals surface area contributed by atoms with Crippen LogP contribution in [-0.4, -0.2) is 26.7 Å². The first-order valence-corrected chi connectivity index (χ1v) is 5.43. The summed E-state index contributed by atoms with van der Waals surface area (Å²) in [6, 6.07) is 1.07. The van der Waals surface area contributed by atoms with Crippen molar-refractivity contribution in [1.29, 1.82) is 0 Å². The first kappa shape index (κ1) is 8.35. The predicted molar refractivity (Wildman–Crippen MR) is 50.4 cm³/mol. The highest BCUT2D eigenvalue weighted by atomic mass is 15.5. The molecule has 1 aliphatic heterocycles. The van der Waals surface area contributed by atoms with E-state index in [9.17, 15) is 0 Å². The van der Waals surface area contributed by atoms with Crippen molar-refractivity contribution in [2.24, 2.45) is 5.92 Å². The van der Waals surface area contributed by atoms with Gasteiger partial charge in [-0.1, -0.05) is 12.8 Å². The molecule has 0 amide bonds. The summed E-state index contributed by atoms with van der Waals surface area (Å²) in [6.07, 6.45) is 6.65. The van der Waals surface area contributed by atoms with Gasteiger partial charge < -0.3 is 5.32 Å². The van der Waals surface area contributed by atoms with Crippen molar-refractivity contribution in [3.05, 3.63) is 5.82 Å². The Balaban J connectivity index is 1.74. The molecule has 14 heavy (non-hydrogen) atoms. The van der Waals surface area contributed by atoms with Crippen molar-refractivity contribution >= 4 is 0 Å². The van der Waals surface area contributed by atoms with Gasteiger partial charge in [0.2, 0.25) is 0 Å². The summed E-state index contributed by atoms with van der Waals surface area (Å²) < 4.78 is 0. The van der Waals surface area contributed by atoms with E-state index in [1.165, 1.54) is 32.1 Å². The summed E-state index contributed by atoms with van der Waals surface area (Å²) in [6.45, 7) is 0. The van der Waals surface area contributed by atoms with Gasteiger partial charge in [-0.2, -0.15) is 0 Å². The zero-order valence-corrected chi connectivity index (χ0v) is 8.11. The van der Waals surface area contributed by atoms with Gasteiger partial charge in [0.1, 0.15) is 0 Å². The van der Waals surface area contributed by atoms with E-state index in [1.807, 2.05) is 0 Å². The molecular formula is C9H15N5. The zero-order chi connectivity index (χ0) is 9.38. The van der Waals surface area contributed by atoms with Crippen LogP contribution in [0.25, 0.3) is 0 Å². The van der Waals surface area contributed by atoms with E-state index >= 15 is 0 Å². The molecule has 0 radical (unpaired) electrons. The third-order valence-electron chi connectivity index (χ3n) is 3.55. The number of H-pyrrole nitrogens is 1. The van der Waals surface area contributed by atoms with Crippen molar-refractivity contribution in [2.75, 3.05) is 0 Å². The van der Waals surface area contributed by atoms with Gasteiger partial charge in [0.05, 0.1) is 6.04 Å². The number of fused-ring (bicyclic) bond motifs is 1. The molecule has 0 spiro atoms. The Morgan fingerprint density at radius 3 is 2.93 bits per heavy atom. The van der Waals surface area contributed by atoms with Crippen LogP contribution in [0.15, 0.2) is 0 Å². The smallest absolute Gasteiger partial charge is 0.165 e. The molecular weight excluding hydrogens is 178 g/mol. The largest absolute Gasteiger partial charge is 0.304 e. The molecule has 5 heteroatoms. The molecule has 1 aliphatic carbocycles. The second kappa shape index (κ2) is 3.31. The summed E-state index contributed by atoms with van der Waals surface area (Å²) in [4.78, 5) is 0. The van der Waals surface area contributed by atoms with Crippen molar-refractivity contribution in [3.63, 3.8) is 0 Å². The minimum atomic E-state index is 0.359. The van der Waals surface area contributed by atoms with Crippen LogP contribution in [0.3, 0.4) is 0 Å². The van der Waals surface area contributed by atoms with Crippen LogP contribution in [0.2, 0.25) is 0 Å².